The summed E-state index contributed by atoms with van der Waals surface area (Å²) in [6.45, 7) is 6.63. The lowest BCUT2D eigenvalue weighted by molar-refractivity contribution is -0.134. The smallest absolute Gasteiger partial charge is 0.250 e. The van der Waals surface area contributed by atoms with Gasteiger partial charge in [0, 0.05) is 12.7 Å². The van der Waals surface area contributed by atoms with Crippen molar-refractivity contribution in [2.45, 2.75) is 39.2 Å². The first-order chi connectivity index (χ1) is 9.43. The Morgan fingerprint density at radius 3 is 2.95 bits per heavy atom. The van der Waals surface area contributed by atoms with Crippen molar-refractivity contribution in [1.29, 1.82) is 0 Å². The largest absolute Gasteiger partial charge is 0.354 e. The molecule has 2 aliphatic rings. The molecule has 20 heavy (non-hydrogen) atoms. The molecule has 1 atom stereocenters. The first kappa shape index (κ1) is 14.5. The van der Waals surface area contributed by atoms with Crippen LogP contribution < -0.4 is 5.32 Å². The summed E-state index contributed by atoms with van der Waals surface area (Å²) in [6.07, 6.45) is 8.22. The number of fused-ring (bicyclic) bond motifs is 1. The third kappa shape index (κ3) is 2.81. The highest BCUT2D eigenvalue weighted by Crippen LogP contribution is 2.28. The molecule has 2 heterocycles. The molecule has 0 spiro atoms. The summed E-state index contributed by atoms with van der Waals surface area (Å²) in [4.78, 5) is 30.0. The summed E-state index contributed by atoms with van der Waals surface area (Å²) in [5.41, 5.74) is -0.896. The molecule has 0 radical (unpaired) electrons. The van der Waals surface area contributed by atoms with E-state index in [2.05, 4.69) is 24.2 Å². The molecule has 0 aliphatic carbocycles. The fraction of sp³-hybridized carbons (Fsp3) is 0.533. The second-order valence-corrected chi connectivity index (χ2v) is 5.82. The molecule has 1 N–H and O–H groups in total. The summed E-state index contributed by atoms with van der Waals surface area (Å²) < 4.78 is 0. The highest BCUT2D eigenvalue weighted by Gasteiger charge is 2.44. The Bertz CT molecular complexity index is 505. The summed E-state index contributed by atoms with van der Waals surface area (Å²) in [5, 5.41) is 2.93. The van der Waals surface area contributed by atoms with Crippen LogP contribution in [0.5, 0.6) is 0 Å². The number of allylic oxidation sites excluding steroid dienone is 2. The van der Waals surface area contributed by atoms with E-state index in [1.807, 2.05) is 12.2 Å². The Morgan fingerprint density at radius 2 is 2.25 bits per heavy atom. The first-order valence-electron chi connectivity index (χ1n) is 6.97. The van der Waals surface area contributed by atoms with Gasteiger partial charge in [-0.2, -0.15) is 4.99 Å². The topological polar surface area (TPSA) is 61.8 Å². The van der Waals surface area contributed by atoms with Gasteiger partial charge in [-0.1, -0.05) is 19.9 Å². The van der Waals surface area contributed by atoms with Crippen LogP contribution in [0, 0.1) is 5.92 Å². The van der Waals surface area contributed by atoms with Gasteiger partial charge in [0.1, 0.15) is 11.4 Å². The Morgan fingerprint density at radius 1 is 1.50 bits per heavy atom. The predicted molar refractivity (Wildman–Crippen MR) is 78.0 cm³/mol. The molecular weight excluding hydrogens is 254 g/mol. The molecule has 0 aromatic heterocycles. The fourth-order valence-corrected chi connectivity index (χ4v) is 2.34. The van der Waals surface area contributed by atoms with Gasteiger partial charge in [-0.3, -0.25) is 9.59 Å². The minimum absolute atomic E-state index is 0.0994. The highest BCUT2D eigenvalue weighted by atomic mass is 16.2. The minimum atomic E-state index is -0.896. The average Bonchev–Trinajstić information content (AvgIpc) is 2.37. The van der Waals surface area contributed by atoms with E-state index >= 15 is 0 Å². The zero-order valence-electron chi connectivity index (χ0n) is 12.2. The van der Waals surface area contributed by atoms with Gasteiger partial charge in [0.15, 0.2) is 0 Å². The van der Waals surface area contributed by atoms with Gasteiger partial charge in [0.05, 0.1) is 6.42 Å². The van der Waals surface area contributed by atoms with Gasteiger partial charge in [-0.25, -0.2) is 0 Å². The van der Waals surface area contributed by atoms with E-state index in [1.54, 1.807) is 24.1 Å². The molecule has 0 fully saturated rings. The lowest BCUT2D eigenvalue weighted by Crippen LogP contribution is -2.60. The fourth-order valence-electron chi connectivity index (χ4n) is 2.34. The molecule has 0 bridgehead atoms. The van der Waals surface area contributed by atoms with E-state index in [4.69, 9.17) is 0 Å². The van der Waals surface area contributed by atoms with Crippen molar-refractivity contribution in [2.75, 3.05) is 6.54 Å². The number of carbonyl (C=O) groups excluding carboxylic acids is 2. The summed E-state index contributed by atoms with van der Waals surface area (Å²) in [7, 11) is 0. The molecule has 0 saturated carbocycles. The second-order valence-electron chi connectivity index (χ2n) is 5.82. The average molecular weight is 275 g/mol. The molecule has 0 saturated heterocycles. The predicted octanol–water partition coefficient (Wildman–Crippen LogP) is 1.62. The highest BCUT2D eigenvalue weighted by molar-refractivity contribution is 6.09. The minimum Gasteiger partial charge on any atom is -0.354 e. The van der Waals surface area contributed by atoms with Crippen LogP contribution in [0.1, 0.15) is 33.6 Å². The lowest BCUT2D eigenvalue weighted by Gasteiger charge is -2.41. The Labute approximate surface area is 119 Å². The second kappa shape index (κ2) is 5.61. The molecular formula is C15H21N3O2. The molecule has 2 amide bonds. The molecule has 108 valence electrons. The SMILES string of the molecule is CC(C)CCNC(=O)C1(C)CC(=O)N=C2C=CC=CN21. The number of hydrogen-bond donors (Lipinski definition) is 1. The van der Waals surface area contributed by atoms with E-state index < -0.39 is 5.54 Å². The summed E-state index contributed by atoms with van der Waals surface area (Å²) in [5.74, 6) is 0.688. The van der Waals surface area contributed by atoms with Crippen molar-refractivity contribution in [3.05, 3.63) is 24.4 Å². The number of nitrogens with zero attached hydrogens (tertiary/aromatic N) is 2. The van der Waals surface area contributed by atoms with Crippen molar-refractivity contribution in [2.24, 2.45) is 10.9 Å². The standard InChI is InChI=1S/C15H21N3O2/c1-11(2)7-8-16-14(20)15(3)10-13(19)17-12-6-4-5-9-18(12)15/h4-6,9,11H,7-8,10H2,1-3H3,(H,16,20). The van der Waals surface area contributed by atoms with Gasteiger partial charge in [-0.05, 0) is 31.4 Å². The third-order valence-corrected chi connectivity index (χ3v) is 3.60. The van der Waals surface area contributed by atoms with Crippen molar-refractivity contribution in [3.8, 4) is 0 Å². The molecule has 0 aromatic carbocycles. The van der Waals surface area contributed by atoms with Crippen LogP contribution >= 0.6 is 0 Å². The normalized spacial score (nSPS) is 24.7. The van der Waals surface area contributed by atoms with E-state index in [0.29, 0.717) is 18.3 Å². The van der Waals surface area contributed by atoms with E-state index in [0.717, 1.165) is 6.42 Å². The van der Waals surface area contributed by atoms with Crippen molar-refractivity contribution < 1.29 is 9.59 Å². The van der Waals surface area contributed by atoms with Crippen LogP contribution in [0.3, 0.4) is 0 Å². The van der Waals surface area contributed by atoms with Gasteiger partial charge in [0.25, 0.3) is 5.91 Å². The van der Waals surface area contributed by atoms with Crippen LogP contribution in [-0.2, 0) is 9.59 Å². The monoisotopic (exact) mass is 275 g/mol. The summed E-state index contributed by atoms with van der Waals surface area (Å²) >= 11 is 0. The number of aliphatic imine (C=N–C) groups is 1. The Kier molecular flexibility index (Phi) is 4.06. The lowest BCUT2D eigenvalue weighted by atomic mass is 9.91. The molecule has 0 aromatic rings. The maximum absolute atomic E-state index is 12.5. The Hall–Kier alpha value is -1.91. The summed E-state index contributed by atoms with van der Waals surface area (Å²) in [6, 6.07) is 0. The molecule has 2 rings (SSSR count). The zero-order chi connectivity index (χ0) is 14.8. The third-order valence-electron chi connectivity index (χ3n) is 3.60. The maximum atomic E-state index is 12.5. The number of hydrogen-bond acceptors (Lipinski definition) is 3. The number of amides is 2. The van der Waals surface area contributed by atoms with Gasteiger partial charge in [0.2, 0.25) is 5.91 Å². The molecule has 5 heteroatoms. The van der Waals surface area contributed by atoms with Crippen molar-refractivity contribution in [1.82, 2.24) is 10.2 Å². The number of amidine groups is 1. The number of rotatable bonds is 4. The van der Waals surface area contributed by atoms with Crippen molar-refractivity contribution in [3.63, 3.8) is 0 Å². The van der Waals surface area contributed by atoms with E-state index in [-0.39, 0.29) is 18.2 Å². The molecule has 5 nitrogen and oxygen atoms in total. The van der Waals surface area contributed by atoms with Gasteiger partial charge >= 0.3 is 0 Å². The van der Waals surface area contributed by atoms with Crippen molar-refractivity contribution >= 4 is 17.6 Å². The first-order valence-corrected chi connectivity index (χ1v) is 6.97. The van der Waals surface area contributed by atoms with E-state index in [9.17, 15) is 9.59 Å². The van der Waals surface area contributed by atoms with Gasteiger partial charge in [-0.15, -0.1) is 0 Å². The molecule has 1 unspecified atom stereocenters. The molecule has 2 aliphatic heterocycles. The Balaban J connectivity index is 2.14. The van der Waals surface area contributed by atoms with Gasteiger partial charge < -0.3 is 10.2 Å². The van der Waals surface area contributed by atoms with Crippen LogP contribution in [0.4, 0.5) is 0 Å². The number of carbonyl (C=O) groups is 2. The van der Waals surface area contributed by atoms with Crippen LogP contribution in [0.2, 0.25) is 0 Å². The quantitative estimate of drug-likeness (QED) is 0.848. The van der Waals surface area contributed by atoms with Crippen LogP contribution in [-0.4, -0.2) is 34.6 Å². The van der Waals surface area contributed by atoms with Crippen LogP contribution in [0.25, 0.3) is 0 Å². The van der Waals surface area contributed by atoms with E-state index in [1.165, 1.54) is 0 Å². The zero-order valence-corrected chi connectivity index (χ0v) is 12.2. The number of nitrogens with one attached hydrogen (secondary N) is 1. The maximum Gasteiger partial charge on any atom is 0.250 e. The van der Waals surface area contributed by atoms with Crippen LogP contribution in [0.15, 0.2) is 29.4 Å².